The lowest BCUT2D eigenvalue weighted by atomic mass is 10.3. The molecule has 3 heteroatoms. The summed E-state index contributed by atoms with van der Waals surface area (Å²) in [5.41, 5.74) is 6.28. The average molecular weight is 251 g/mol. The molecule has 0 spiro atoms. The molecule has 0 saturated carbocycles. The van der Waals surface area contributed by atoms with E-state index in [1.807, 2.05) is 18.2 Å². The van der Waals surface area contributed by atoms with E-state index in [1.54, 1.807) is 0 Å². The standard InChI is InChI=1S/C6H6INS/c7-4-2-1-3-5(8)6(4)9/h1-3,9H,8H2. The Morgan fingerprint density at radius 1 is 1.44 bits per heavy atom. The van der Waals surface area contributed by atoms with E-state index >= 15 is 0 Å². The molecular formula is C6H6INS. The molecule has 0 heterocycles. The van der Waals surface area contributed by atoms with Crippen molar-refractivity contribution < 1.29 is 0 Å². The highest BCUT2D eigenvalue weighted by atomic mass is 127. The van der Waals surface area contributed by atoms with Gasteiger partial charge in [-0.05, 0) is 34.7 Å². The van der Waals surface area contributed by atoms with Crippen LogP contribution in [0.25, 0.3) is 0 Å². The Balaban J connectivity index is 3.25. The van der Waals surface area contributed by atoms with Gasteiger partial charge in [0.2, 0.25) is 0 Å². The first-order valence-corrected chi connectivity index (χ1v) is 3.97. The molecule has 0 aliphatic rings. The maximum absolute atomic E-state index is 5.54. The normalized spacial score (nSPS) is 9.56. The van der Waals surface area contributed by atoms with Gasteiger partial charge in [0, 0.05) is 14.2 Å². The number of nitrogen functional groups attached to an aromatic ring is 1. The topological polar surface area (TPSA) is 26.0 Å². The SMILES string of the molecule is Nc1cccc(I)c1S. The van der Waals surface area contributed by atoms with E-state index in [-0.39, 0.29) is 0 Å². The first-order valence-electron chi connectivity index (χ1n) is 2.45. The van der Waals surface area contributed by atoms with E-state index in [0.29, 0.717) is 0 Å². The third-order valence-electron chi connectivity index (χ3n) is 1.02. The Morgan fingerprint density at radius 2 is 2.11 bits per heavy atom. The molecule has 0 atom stereocenters. The molecule has 0 saturated heterocycles. The van der Waals surface area contributed by atoms with Crippen LogP contribution in [0.5, 0.6) is 0 Å². The second kappa shape index (κ2) is 2.79. The van der Waals surface area contributed by atoms with Crippen molar-refractivity contribution in [2.24, 2.45) is 0 Å². The van der Waals surface area contributed by atoms with Crippen LogP contribution < -0.4 is 5.73 Å². The molecule has 1 aromatic rings. The highest BCUT2D eigenvalue weighted by Gasteiger charge is 1.95. The molecule has 0 aromatic heterocycles. The van der Waals surface area contributed by atoms with Gasteiger partial charge in [0.15, 0.2) is 0 Å². The molecule has 9 heavy (non-hydrogen) atoms. The van der Waals surface area contributed by atoms with Crippen molar-refractivity contribution >= 4 is 40.9 Å². The third-order valence-corrected chi connectivity index (χ3v) is 2.84. The lowest BCUT2D eigenvalue weighted by Crippen LogP contribution is -1.87. The molecule has 0 radical (unpaired) electrons. The molecular weight excluding hydrogens is 245 g/mol. The predicted molar refractivity (Wildman–Crippen MR) is 50.8 cm³/mol. The van der Waals surface area contributed by atoms with Gasteiger partial charge in [0.05, 0.1) is 0 Å². The van der Waals surface area contributed by atoms with Crippen molar-refractivity contribution in [1.29, 1.82) is 0 Å². The monoisotopic (exact) mass is 251 g/mol. The highest BCUT2D eigenvalue weighted by Crippen LogP contribution is 2.21. The minimum atomic E-state index is 0.741. The van der Waals surface area contributed by atoms with Crippen LogP contribution in [0.15, 0.2) is 23.1 Å². The lowest BCUT2D eigenvalue weighted by molar-refractivity contribution is 1.42. The number of hydrogen-bond acceptors (Lipinski definition) is 2. The van der Waals surface area contributed by atoms with Crippen LogP contribution in [-0.2, 0) is 0 Å². The smallest absolute Gasteiger partial charge is 0.0460 e. The number of thiol groups is 1. The molecule has 1 rings (SSSR count). The first-order chi connectivity index (χ1) is 4.22. The molecule has 48 valence electrons. The van der Waals surface area contributed by atoms with Gasteiger partial charge in [0.1, 0.15) is 0 Å². The minimum absolute atomic E-state index is 0.741. The Hall–Kier alpha value is 0.1000. The van der Waals surface area contributed by atoms with Crippen LogP contribution in [-0.4, -0.2) is 0 Å². The number of rotatable bonds is 0. The van der Waals surface area contributed by atoms with Crippen LogP contribution in [0.1, 0.15) is 0 Å². The summed E-state index contributed by atoms with van der Waals surface area (Å²) in [5.74, 6) is 0. The molecule has 1 aromatic carbocycles. The van der Waals surface area contributed by atoms with Crippen LogP contribution in [0.2, 0.25) is 0 Å². The molecule has 0 aliphatic carbocycles. The maximum Gasteiger partial charge on any atom is 0.0460 e. The number of benzene rings is 1. The van der Waals surface area contributed by atoms with Gasteiger partial charge >= 0.3 is 0 Å². The minimum Gasteiger partial charge on any atom is -0.398 e. The Kier molecular flexibility index (Phi) is 2.23. The van der Waals surface area contributed by atoms with Crippen LogP contribution >= 0.6 is 35.2 Å². The molecule has 2 N–H and O–H groups in total. The van der Waals surface area contributed by atoms with Crippen molar-refractivity contribution in [3.63, 3.8) is 0 Å². The van der Waals surface area contributed by atoms with E-state index in [4.69, 9.17) is 5.73 Å². The summed E-state index contributed by atoms with van der Waals surface area (Å²) in [7, 11) is 0. The fraction of sp³-hybridized carbons (Fsp3) is 0. The summed E-state index contributed by atoms with van der Waals surface area (Å²) < 4.78 is 1.09. The second-order valence-electron chi connectivity index (χ2n) is 1.68. The fourth-order valence-electron chi connectivity index (χ4n) is 0.532. The molecule has 0 aliphatic heterocycles. The zero-order chi connectivity index (χ0) is 6.85. The molecule has 0 amide bonds. The maximum atomic E-state index is 5.54. The average Bonchev–Trinajstić information content (AvgIpc) is 1.83. The third kappa shape index (κ3) is 1.52. The molecule has 0 fully saturated rings. The van der Waals surface area contributed by atoms with E-state index in [9.17, 15) is 0 Å². The van der Waals surface area contributed by atoms with Gasteiger partial charge in [-0.3, -0.25) is 0 Å². The molecule has 1 nitrogen and oxygen atoms in total. The quantitative estimate of drug-likeness (QED) is 0.412. The number of nitrogens with two attached hydrogens (primary N) is 1. The highest BCUT2D eigenvalue weighted by molar-refractivity contribution is 14.1. The summed E-state index contributed by atoms with van der Waals surface area (Å²) in [6.07, 6.45) is 0. The van der Waals surface area contributed by atoms with Crippen molar-refractivity contribution in [3.8, 4) is 0 Å². The summed E-state index contributed by atoms with van der Waals surface area (Å²) in [4.78, 5) is 0.873. The van der Waals surface area contributed by atoms with E-state index in [0.717, 1.165) is 14.2 Å². The largest absolute Gasteiger partial charge is 0.398 e. The van der Waals surface area contributed by atoms with Gasteiger partial charge in [-0.15, -0.1) is 12.6 Å². The fourth-order valence-corrected chi connectivity index (χ4v) is 1.20. The predicted octanol–water partition coefficient (Wildman–Crippen LogP) is 2.16. The van der Waals surface area contributed by atoms with Crippen molar-refractivity contribution in [2.75, 3.05) is 5.73 Å². The van der Waals surface area contributed by atoms with Crippen molar-refractivity contribution in [1.82, 2.24) is 0 Å². The summed E-state index contributed by atoms with van der Waals surface area (Å²) in [5, 5.41) is 0. The van der Waals surface area contributed by atoms with E-state index < -0.39 is 0 Å². The van der Waals surface area contributed by atoms with E-state index in [1.165, 1.54) is 0 Å². The summed E-state index contributed by atoms with van der Waals surface area (Å²) in [6.45, 7) is 0. The summed E-state index contributed by atoms with van der Waals surface area (Å²) in [6, 6.07) is 5.72. The summed E-state index contributed by atoms with van der Waals surface area (Å²) >= 11 is 6.37. The Morgan fingerprint density at radius 3 is 2.56 bits per heavy atom. The van der Waals surface area contributed by atoms with Gasteiger partial charge in [-0.1, -0.05) is 6.07 Å². The Labute approximate surface area is 73.2 Å². The number of anilines is 1. The second-order valence-corrected chi connectivity index (χ2v) is 3.29. The van der Waals surface area contributed by atoms with E-state index in [2.05, 4.69) is 35.2 Å². The van der Waals surface area contributed by atoms with Crippen LogP contribution in [0.3, 0.4) is 0 Å². The van der Waals surface area contributed by atoms with Crippen molar-refractivity contribution in [3.05, 3.63) is 21.8 Å². The van der Waals surface area contributed by atoms with Crippen molar-refractivity contribution in [2.45, 2.75) is 4.90 Å². The molecule has 0 bridgehead atoms. The van der Waals surface area contributed by atoms with Crippen LogP contribution in [0.4, 0.5) is 5.69 Å². The lowest BCUT2D eigenvalue weighted by Gasteiger charge is -1.98. The van der Waals surface area contributed by atoms with Gasteiger partial charge in [0.25, 0.3) is 0 Å². The van der Waals surface area contributed by atoms with Gasteiger partial charge in [-0.25, -0.2) is 0 Å². The number of hydrogen-bond donors (Lipinski definition) is 2. The molecule has 0 unspecified atom stereocenters. The van der Waals surface area contributed by atoms with Gasteiger partial charge < -0.3 is 5.73 Å². The van der Waals surface area contributed by atoms with Crippen LogP contribution in [0, 0.1) is 3.57 Å². The zero-order valence-corrected chi connectivity index (χ0v) is 7.69. The zero-order valence-electron chi connectivity index (χ0n) is 4.63. The Bertz CT molecular complexity index is 204. The first kappa shape index (κ1) is 7.21. The van der Waals surface area contributed by atoms with Gasteiger partial charge in [-0.2, -0.15) is 0 Å². The number of halogens is 1.